The molecule has 2 aromatic rings. The fraction of sp³-hybridized carbons (Fsp3) is 0.600. The van der Waals surface area contributed by atoms with Gasteiger partial charge < -0.3 is 30.2 Å². The second-order valence-electron chi connectivity index (χ2n) is 12.4. The number of ether oxygens (including phenoxy) is 1. The molecule has 45 heavy (non-hydrogen) atoms. The van der Waals surface area contributed by atoms with Crippen LogP contribution in [0.4, 0.5) is 15.3 Å². The molecule has 3 aliphatic rings. The summed E-state index contributed by atoms with van der Waals surface area (Å²) in [6, 6.07) is 6.65. The number of hydrogen-bond donors (Lipinski definition) is 4. The number of carbonyl (C=O) groups is 2. The van der Waals surface area contributed by atoms with Crippen molar-refractivity contribution in [2.24, 2.45) is 17.6 Å². The van der Waals surface area contributed by atoms with E-state index in [4.69, 9.17) is 27.7 Å². The van der Waals surface area contributed by atoms with Crippen LogP contribution in [0.3, 0.4) is 0 Å². The summed E-state index contributed by atoms with van der Waals surface area (Å²) < 4.78 is 29.4. The van der Waals surface area contributed by atoms with Crippen LogP contribution in [-0.4, -0.2) is 103 Å². The largest absolute Gasteiger partial charge is 0.453 e. The summed E-state index contributed by atoms with van der Waals surface area (Å²) in [5, 5.41) is 10.4. The zero-order valence-corrected chi connectivity index (χ0v) is 27.4. The van der Waals surface area contributed by atoms with Crippen LogP contribution in [-0.2, 0) is 14.6 Å². The molecule has 2 unspecified atom stereocenters. The quantitative estimate of drug-likeness (QED) is 0.271. The van der Waals surface area contributed by atoms with Crippen LogP contribution >= 0.6 is 11.6 Å². The maximum atomic E-state index is 14.1. The maximum absolute atomic E-state index is 14.1. The normalized spacial score (nSPS) is 24.6. The van der Waals surface area contributed by atoms with E-state index in [0.29, 0.717) is 80.3 Å². The number of carbonyl (C=O) groups excluding carboxylic acids is 2. The number of guanidine groups is 1. The van der Waals surface area contributed by atoms with Crippen molar-refractivity contribution in [1.29, 1.82) is 5.41 Å². The lowest BCUT2D eigenvalue weighted by molar-refractivity contribution is 0.124. The van der Waals surface area contributed by atoms with Gasteiger partial charge >= 0.3 is 12.1 Å². The first-order valence-corrected chi connectivity index (χ1v) is 17.8. The Labute approximate surface area is 269 Å². The monoisotopic (exact) mass is 662 g/mol. The fourth-order valence-electron chi connectivity index (χ4n) is 6.97. The smallest absolute Gasteiger partial charge is 0.411 e. The second-order valence-corrected chi connectivity index (χ2v) is 15.1. The van der Waals surface area contributed by atoms with Gasteiger partial charge in [0.15, 0.2) is 5.96 Å². The highest BCUT2D eigenvalue weighted by Crippen LogP contribution is 2.44. The Hall–Kier alpha value is -3.52. The number of nitrogens with one attached hydrogen (secondary N) is 3. The number of amides is 3. The molecule has 3 fully saturated rings. The molecule has 13 nitrogen and oxygen atoms in total. The molecule has 246 valence electrons. The average Bonchev–Trinajstić information content (AvgIpc) is 3.60. The van der Waals surface area contributed by atoms with E-state index in [-0.39, 0.29) is 29.2 Å². The van der Waals surface area contributed by atoms with Crippen molar-refractivity contribution >= 4 is 45.2 Å². The minimum Gasteiger partial charge on any atom is -0.453 e. The number of sulfone groups is 1. The number of piperazine rings is 1. The Morgan fingerprint density at radius 1 is 1.04 bits per heavy atom. The molecule has 0 spiro atoms. The summed E-state index contributed by atoms with van der Waals surface area (Å²) in [5.41, 5.74) is 7.54. The molecule has 1 aliphatic carbocycles. The fourth-order valence-corrected chi connectivity index (χ4v) is 8.37. The Balaban J connectivity index is 1.39. The summed E-state index contributed by atoms with van der Waals surface area (Å²) >= 11 is 6.69. The molecule has 1 aromatic carbocycles. The molecule has 0 bridgehead atoms. The molecule has 3 heterocycles. The predicted molar refractivity (Wildman–Crippen MR) is 173 cm³/mol. The number of rotatable bonds is 5. The third-order valence-corrected chi connectivity index (χ3v) is 11.5. The van der Waals surface area contributed by atoms with Crippen molar-refractivity contribution in [3.63, 3.8) is 0 Å². The lowest BCUT2D eigenvalue weighted by Gasteiger charge is -2.38. The van der Waals surface area contributed by atoms with Gasteiger partial charge in [-0.25, -0.2) is 23.0 Å². The first kappa shape index (κ1) is 32.9. The van der Waals surface area contributed by atoms with Crippen molar-refractivity contribution in [2.45, 2.75) is 56.2 Å². The van der Waals surface area contributed by atoms with Crippen molar-refractivity contribution in [2.75, 3.05) is 51.4 Å². The summed E-state index contributed by atoms with van der Waals surface area (Å²) in [4.78, 5) is 39.2. The highest BCUT2D eigenvalue weighted by atomic mass is 35.5. The number of nitrogens with two attached hydrogens (primary N) is 1. The van der Waals surface area contributed by atoms with E-state index in [0.717, 1.165) is 31.2 Å². The van der Waals surface area contributed by atoms with E-state index in [1.54, 1.807) is 29.2 Å². The van der Waals surface area contributed by atoms with Crippen LogP contribution in [0.1, 0.15) is 56.8 Å². The summed E-state index contributed by atoms with van der Waals surface area (Å²) in [7, 11) is -1.81. The topological polar surface area (TPSA) is 178 Å². The minimum absolute atomic E-state index is 0.00441. The number of urea groups is 1. The molecule has 1 saturated carbocycles. The van der Waals surface area contributed by atoms with Crippen molar-refractivity contribution in [3.05, 3.63) is 35.2 Å². The zero-order chi connectivity index (χ0) is 32.3. The van der Waals surface area contributed by atoms with Gasteiger partial charge in [0.2, 0.25) is 0 Å². The van der Waals surface area contributed by atoms with E-state index in [1.165, 1.54) is 13.4 Å². The van der Waals surface area contributed by atoms with E-state index in [2.05, 4.69) is 15.0 Å². The van der Waals surface area contributed by atoms with E-state index >= 15 is 0 Å². The summed E-state index contributed by atoms with van der Waals surface area (Å²) in [5.74, 6) is 1.09. The van der Waals surface area contributed by atoms with Gasteiger partial charge in [-0.2, -0.15) is 0 Å². The number of aromatic amines is 1. The highest BCUT2D eigenvalue weighted by molar-refractivity contribution is 7.91. The van der Waals surface area contributed by atoms with Crippen LogP contribution in [0, 0.1) is 17.2 Å². The van der Waals surface area contributed by atoms with Gasteiger partial charge in [0.25, 0.3) is 0 Å². The lowest BCUT2D eigenvalue weighted by Crippen LogP contribution is -2.55. The minimum atomic E-state index is -3.11. The molecule has 4 atom stereocenters. The Morgan fingerprint density at radius 2 is 1.71 bits per heavy atom. The lowest BCUT2D eigenvalue weighted by atomic mass is 9.80. The molecule has 2 aliphatic heterocycles. The molecule has 5 N–H and O–H groups in total. The molecule has 2 saturated heterocycles. The number of halogens is 1. The van der Waals surface area contributed by atoms with Gasteiger partial charge in [0.1, 0.15) is 26.5 Å². The van der Waals surface area contributed by atoms with E-state index in [9.17, 15) is 18.0 Å². The molecule has 5 rings (SSSR count). The molecule has 0 radical (unpaired) electrons. The standard InChI is InChI=1S/C30H43ClN8O5S/c1-44-29(40)34-22-10-7-20(8-11-22)25-26(31)36-27(35-25)24-17-21(19-5-3-4-6-23(12-9-19)45(2,42)43)18-39(24)30(41)38-15-13-37(14-16-38)28(32)33/h7-8,10-11,19,21,23-24H,3-6,9,12-18H2,1-2H3,(H3,32,33)(H,34,40)(H,35,36)/t19?,21-,23?,24-/m0/s1. The summed E-state index contributed by atoms with van der Waals surface area (Å²) in [6.07, 6.45) is 6.49. The number of H-pyrrole nitrogens is 1. The Morgan fingerprint density at radius 3 is 2.36 bits per heavy atom. The molecular weight excluding hydrogens is 620 g/mol. The van der Waals surface area contributed by atoms with Gasteiger partial charge in [-0.15, -0.1) is 0 Å². The van der Waals surface area contributed by atoms with Gasteiger partial charge in [-0.05, 0) is 49.7 Å². The molecule has 1 aromatic heterocycles. The van der Waals surface area contributed by atoms with Crippen molar-refractivity contribution in [1.82, 2.24) is 24.7 Å². The number of nitrogens with zero attached hydrogens (tertiary/aromatic N) is 4. The van der Waals surface area contributed by atoms with Crippen LogP contribution in [0.25, 0.3) is 11.3 Å². The van der Waals surface area contributed by atoms with Gasteiger partial charge in [-0.1, -0.05) is 43.0 Å². The Kier molecular flexibility index (Phi) is 10.1. The van der Waals surface area contributed by atoms with Gasteiger partial charge in [0.05, 0.1) is 18.4 Å². The molecule has 3 amide bonds. The zero-order valence-electron chi connectivity index (χ0n) is 25.8. The van der Waals surface area contributed by atoms with Gasteiger partial charge in [0, 0.05) is 50.2 Å². The first-order valence-electron chi connectivity index (χ1n) is 15.5. The summed E-state index contributed by atoms with van der Waals surface area (Å²) in [6.45, 7) is 2.46. The number of benzene rings is 1. The Bertz CT molecular complexity index is 1490. The van der Waals surface area contributed by atoms with Crippen LogP contribution in [0.5, 0.6) is 0 Å². The first-order chi connectivity index (χ1) is 21.4. The van der Waals surface area contributed by atoms with E-state index in [1.807, 2.05) is 9.80 Å². The van der Waals surface area contributed by atoms with Crippen LogP contribution < -0.4 is 11.1 Å². The third kappa shape index (κ3) is 7.66. The second kappa shape index (κ2) is 13.9. The van der Waals surface area contributed by atoms with Crippen molar-refractivity contribution in [3.8, 4) is 11.3 Å². The van der Waals surface area contributed by atoms with E-state index < -0.39 is 15.9 Å². The van der Waals surface area contributed by atoms with Crippen LogP contribution in [0.15, 0.2) is 24.3 Å². The van der Waals surface area contributed by atoms with Crippen LogP contribution in [0.2, 0.25) is 5.15 Å². The highest BCUT2D eigenvalue weighted by Gasteiger charge is 2.43. The maximum Gasteiger partial charge on any atom is 0.411 e. The molecule has 15 heteroatoms. The number of aromatic nitrogens is 2. The SMILES string of the molecule is COC(=O)Nc1ccc(-c2nc([C@@H]3C[C@H](C4CCCCC(S(C)(=O)=O)CC4)CN3C(=O)N3CCN(C(=N)N)CC3)[nH]c2Cl)cc1. The number of anilines is 1. The predicted octanol–water partition coefficient (Wildman–Crippen LogP) is 4.29. The number of likely N-dealkylation sites (tertiary alicyclic amines) is 1. The van der Waals surface area contributed by atoms with Gasteiger partial charge in [-0.3, -0.25) is 10.7 Å². The average molecular weight is 663 g/mol. The number of methoxy groups -OCH3 is 1. The van der Waals surface area contributed by atoms with Crippen molar-refractivity contribution < 1.29 is 22.7 Å². The third-order valence-electron chi connectivity index (χ3n) is 9.54. The number of hydrogen-bond acceptors (Lipinski definition) is 7. The molecular formula is C30H43ClN8O5S. The number of imidazole rings is 1.